The van der Waals surface area contributed by atoms with E-state index in [1.54, 1.807) is 0 Å². The van der Waals surface area contributed by atoms with Crippen molar-refractivity contribution in [1.82, 2.24) is 9.97 Å². The molecule has 1 heterocycles. The SMILES string of the molecule is CCC(C)C(C)Nc1cc(NN)nc(C(F)(F)F)n1. The second-order valence-electron chi connectivity index (χ2n) is 4.42. The quantitative estimate of drug-likeness (QED) is 0.570. The molecular formula is C11H18F3N5. The zero-order valence-corrected chi connectivity index (χ0v) is 11.0. The molecule has 0 aliphatic carbocycles. The molecule has 0 saturated heterocycles. The predicted molar refractivity (Wildman–Crippen MR) is 67.4 cm³/mol. The highest BCUT2D eigenvalue weighted by Gasteiger charge is 2.35. The van der Waals surface area contributed by atoms with Gasteiger partial charge in [-0.15, -0.1) is 0 Å². The highest BCUT2D eigenvalue weighted by atomic mass is 19.4. The fraction of sp³-hybridized carbons (Fsp3) is 0.636. The van der Waals surface area contributed by atoms with Gasteiger partial charge in [-0.2, -0.15) is 13.2 Å². The van der Waals surface area contributed by atoms with E-state index in [0.29, 0.717) is 5.92 Å². The van der Waals surface area contributed by atoms with E-state index in [2.05, 4.69) is 20.7 Å². The van der Waals surface area contributed by atoms with Crippen LogP contribution in [-0.2, 0) is 6.18 Å². The van der Waals surface area contributed by atoms with Gasteiger partial charge in [-0.05, 0) is 12.8 Å². The maximum Gasteiger partial charge on any atom is 0.451 e. The molecule has 0 bridgehead atoms. The molecule has 2 atom stereocenters. The van der Waals surface area contributed by atoms with Gasteiger partial charge >= 0.3 is 6.18 Å². The monoisotopic (exact) mass is 277 g/mol. The van der Waals surface area contributed by atoms with Crippen molar-refractivity contribution in [3.8, 4) is 0 Å². The summed E-state index contributed by atoms with van der Waals surface area (Å²) in [6.07, 6.45) is -3.70. The number of aromatic nitrogens is 2. The number of alkyl halides is 3. The van der Waals surface area contributed by atoms with Crippen molar-refractivity contribution in [3.63, 3.8) is 0 Å². The standard InChI is InChI=1S/C11H18F3N5/c1-4-6(2)7(3)16-8-5-9(19-15)18-10(17-8)11(12,13)14/h5-7H,4,15H2,1-3H3,(H2,16,17,18,19). The minimum Gasteiger partial charge on any atom is -0.367 e. The Labute approximate surface area is 109 Å². The number of rotatable bonds is 5. The summed E-state index contributed by atoms with van der Waals surface area (Å²) in [7, 11) is 0. The first-order chi connectivity index (χ1) is 8.77. The fourth-order valence-electron chi connectivity index (χ4n) is 1.45. The first-order valence-electron chi connectivity index (χ1n) is 5.97. The number of halogens is 3. The molecule has 108 valence electrons. The summed E-state index contributed by atoms with van der Waals surface area (Å²) < 4.78 is 37.9. The van der Waals surface area contributed by atoms with Crippen LogP contribution in [0.15, 0.2) is 6.07 Å². The van der Waals surface area contributed by atoms with Gasteiger partial charge in [-0.1, -0.05) is 20.3 Å². The van der Waals surface area contributed by atoms with Crippen molar-refractivity contribution < 1.29 is 13.2 Å². The normalized spacial score (nSPS) is 14.9. The Morgan fingerprint density at radius 2 is 1.84 bits per heavy atom. The van der Waals surface area contributed by atoms with Crippen LogP contribution >= 0.6 is 0 Å². The molecule has 0 saturated carbocycles. The summed E-state index contributed by atoms with van der Waals surface area (Å²) >= 11 is 0. The molecular weight excluding hydrogens is 259 g/mol. The van der Waals surface area contributed by atoms with E-state index in [-0.39, 0.29) is 17.7 Å². The maximum atomic E-state index is 12.6. The minimum absolute atomic E-state index is 0.00777. The van der Waals surface area contributed by atoms with Crippen LogP contribution < -0.4 is 16.6 Å². The van der Waals surface area contributed by atoms with E-state index in [1.165, 1.54) is 6.07 Å². The Morgan fingerprint density at radius 3 is 2.32 bits per heavy atom. The lowest BCUT2D eigenvalue weighted by molar-refractivity contribution is -0.144. The maximum absolute atomic E-state index is 12.6. The molecule has 2 unspecified atom stereocenters. The van der Waals surface area contributed by atoms with E-state index < -0.39 is 12.0 Å². The molecule has 8 heteroatoms. The van der Waals surface area contributed by atoms with Crippen LogP contribution in [-0.4, -0.2) is 16.0 Å². The van der Waals surface area contributed by atoms with E-state index in [9.17, 15) is 13.2 Å². The Balaban J connectivity index is 3.01. The Hall–Kier alpha value is -1.57. The third-order valence-corrected chi connectivity index (χ3v) is 3.00. The molecule has 19 heavy (non-hydrogen) atoms. The van der Waals surface area contributed by atoms with Crippen LogP contribution in [0, 0.1) is 5.92 Å². The van der Waals surface area contributed by atoms with Crippen molar-refractivity contribution in [1.29, 1.82) is 0 Å². The molecule has 1 aromatic heterocycles. The lowest BCUT2D eigenvalue weighted by Crippen LogP contribution is -2.25. The molecule has 1 aromatic rings. The summed E-state index contributed by atoms with van der Waals surface area (Å²) in [5.41, 5.74) is 2.11. The van der Waals surface area contributed by atoms with E-state index in [1.807, 2.05) is 20.8 Å². The number of nitrogens with two attached hydrogens (primary N) is 1. The first-order valence-corrected chi connectivity index (χ1v) is 5.97. The average Bonchev–Trinajstić information content (AvgIpc) is 2.36. The summed E-state index contributed by atoms with van der Waals surface area (Å²) in [6, 6.07) is 1.33. The number of anilines is 2. The zero-order chi connectivity index (χ0) is 14.6. The summed E-state index contributed by atoms with van der Waals surface area (Å²) in [4.78, 5) is 6.75. The molecule has 0 amide bonds. The average molecular weight is 277 g/mol. The van der Waals surface area contributed by atoms with Crippen molar-refractivity contribution in [2.24, 2.45) is 11.8 Å². The number of hydrogen-bond acceptors (Lipinski definition) is 5. The van der Waals surface area contributed by atoms with Crippen molar-refractivity contribution in [2.75, 3.05) is 10.7 Å². The Bertz CT molecular complexity index is 421. The molecule has 0 aliphatic heterocycles. The predicted octanol–water partition coefficient (Wildman–Crippen LogP) is 2.63. The van der Waals surface area contributed by atoms with Crippen LogP contribution in [0.25, 0.3) is 0 Å². The van der Waals surface area contributed by atoms with Crippen LogP contribution in [0.5, 0.6) is 0 Å². The first kappa shape index (κ1) is 15.5. The smallest absolute Gasteiger partial charge is 0.367 e. The van der Waals surface area contributed by atoms with Gasteiger partial charge in [0.15, 0.2) is 0 Å². The molecule has 5 nitrogen and oxygen atoms in total. The molecule has 0 aromatic carbocycles. The number of nitrogens with one attached hydrogen (secondary N) is 2. The highest BCUT2D eigenvalue weighted by Crippen LogP contribution is 2.28. The minimum atomic E-state index is -4.61. The van der Waals surface area contributed by atoms with Crippen molar-refractivity contribution >= 4 is 11.6 Å². The van der Waals surface area contributed by atoms with Crippen molar-refractivity contribution in [3.05, 3.63) is 11.9 Å². The number of hydrogen-bond donors (Lipinski definition) is 3. The molecule has 0 aliphatic rings. The van der Waals surface area contributed by atoms with Gasteiger partial charge in [0.25, 0.3) is 0 Å². The Morgan fingerprint density at radius 1 is 1.26 bits per heavy atom. The molecule has 4 N–H and O–H groups in total. The van der Waals surface area contributed by atoms with E-state index >= 15 is 0 Å². The second-order valence-corrected chi connectivity index (χ2v) is 4.42. The number of hydrazine groups is 1. The largest absolute Gasteiger partial charge is 0.451 e. The van der Waals surface area contributed by atoms with Crippen LogP contribution in [0.4, 0.5) is 24.8 Å². The Kier molecular flexibility index (Phi) is 4.93. The van der Waals surface area contributed by atoms with Crippen molar-refractivity contribution in [2.45, 2.75) is 39.4 Å². The van der Waals surface area contributed by atoms with Gasteiger partial charge in [-0.25, -0.2) is 15.8 Å². The second kappa shape index (κ2) is 6.05. The third kappa shape index (κ3) is 4.23. The topological polar surface area (TPSA) is 75.9 Å². The lowest BCUT2D eigenvalue weighted by Gasteiger charge is -2.21. The molecule has 1 rings (SSSR count). The van der Waals surface area contributed by atoms with Gasteiger partial charge in [0.05, 0.1) is 0 Å². The van der Waals surface area contributed by atoms with Gasteiger partial charge in [-0.3, -0.25) is 0 Å². The third-order valence-electron chi connectivity index (χ3n) is 3.00. The molecule has 0 radical (unpaired) electrons. The summed E-state index contributed by atoms with van der Waals surface area (Å²) in [6.45, 7) is 5.90. The molecule has 0 spiro atoms. The summed E-state index contributed by atoms with van der Waals surface area (Å²) in [5.74, 6) is 4.21. The van der Waals surface area contributed by atoms with Gasteiger partial charge in [0.2, 0.25) is 5.82 Å². The fourth-order valence-corrected chi connectivity index (χ4v) is 1.45. The summed E-state index contributed by atoms with van der Waals surface area (Å²) in [5, 5.41) is 2.93. The van der Waals surface area contributed by atoms with Crippen LogP contribution in [0.3, 0.4) is 0 Å². The van der Waals surface area contributed by atoms with Gasteiger partial charge in [0.1, 0.15) is 11.6 Å². The number of nitrogen functional groups attached to an aromatic ring is 1. The van der Waals surface area contributed by atoms with E-state index in [4.69, 9.17) is 5.84 Å². The highest BCUT2D eigenvalue weighted by molar-refractivity contribution is 5.47. The van der Waals surface area contributed by atoms with Gasteiger partial charge < -0.3 is 10.7 Å². The van der Waals surface area contributed by atoms with Crippen LogP contribution in [0.2, 0.25) is 0 Å². The van der Waals surface area contributed by atoms with Crippen LogP contribution in [0.1, 0.15) is 33.0 Å². The zero-order valence-electron chi connectivity index (χ0n) is 11.0. The lowest BCUT2D eigenvalue weighted by atomic mass is 10.0. The van der Waals surface area contributed by atoms with E-state index in [0.717, 1.165) is 6.42 Å². The molecule has 0 fully saturated rings. The van der Waals surface area contributed by atoms with Gasteiger partial charge in [0, 0.05) is 12.1 Å². The number of nitrogens with zero attached hydrogens (tertiary/aromatic N) is 2.